The summed E-state index contributed by atoms with van der Waals surface area (Å²) in [5.74, 6) is -17.7. The lowest BCUT2D eigenvalue weighted by atomic mass is 9.97. The number of imidazole rings is 1. The Kier molecular flexibility index (Phi) is 17.1. The number of ether oxygens (including phenoxy) is 2. The third-order valence-corrected chi connectivity index (χ3v) is 12.2. The number of aliphatic hydroxyl groups excluding tert-OH is 1. The predicted molar refractivity (Wildman–Crippen MR) is 218 cm³/mol. The molecule has 1 aliphatic rings. The van der Waals surface area contributed by atoms with E-state index in [4.69, 9.17) is 30.7 Å². The lowest BCUT2D eigenvalue weighted by molar-refractivity contribution is -0.396. The summed E-state index contributed by atoms with van der Waals surface area (Å²) in [5, 5.41) is 13.9. The summed E-state index contributed by atoms with van der Waals surface area (Å²) >= 11 is 0. The molecule has 0 aliphatic carbocycles. The second-order valence-corrected chi connectivity index (χ2v) is 17.3. The van der Waals surface area contributed by atoms with Crippen molar-refractivity contribution in [2.24, 2.45) is 0 Å². The van der Waals surface area contributed by atoms with Crippen molar-refractivity contribution in [2.75, 3.05) is 18.9 Å². The van der Waals surface area contributed by atoms with Gasteiger partial charge in [0.05, 0.1) is 12.9 Å². The van der Waals surface area contributed by atoms with Crippen LogP contribution >= 0.6 is 7.75 Å². The number of carbonyl (C=O) groups is 1. The molecule has 0 amide bonds. The van der Waals surface area contributed by atoms with Gasteiger partial charge in [0.25, 0.3) is 0 Å². The summed E-state index contributed by atoms with van der Waals surface area (Å²) in [7, 11) is -4.64. The molecular weight excluding hydrogens is 921 g/mol. The molecule has 2 aromatic carbocycles. The fourth-order valence-corrected chi connectivity index (χ4v) is 8.50. The molecule has 2 aromatic heterocycles. The number of nitrogen functional groups attached to an aromatic ring is 1. The van der Waals surface area contributed by atoms with Gasteiger partial charge in [0.2, 0.25) is 0 Å². The zero-order chi connectivity index (χ0) is 48.4. The molecule has 1 fully saturated rings. The Morgan fingerprint density at radius 1 is 0.924 bits per heavy atom. The van der Waals surface area contributed by atoms with Gasteiger partial charge in [0.1, 0.15) is 30.7 Å². The van der Waals surface area contributed by atoms with Gasteiger partial charge >= 0.3 is 43.7 Å². The molecule has 5 atom stereocenters. The van der Waals surface area contributed by atoms with Crippen molar-refractivity contribution in [1.82, 2.24) is 24.6 Å². The van der Waals surface area contributed by atoms with Gasteiger partial charge in [0.15, 0.2) is 22.6 Å². The molecule has 13 nitrogen and oxygen atoms in total. The number of aromatic nitrogens is 4. The molecule has 0 unspecified atom stereocenters. The number of nitrogens with one attached hydrogen (secondary N) is 1. The van der Waals surface area contributed by atoms with Gasteiger partial charge in [-0.25, -0.2) is 9.55 Å². The van der Waals surface area contributed by atoms with Gasteiger partial charge in [0, 0.05) is 12.8 Å². The Labute approximate surface area is 372 Å². The number of para-hydroxylation sites is 1. The van der Waals surface area contributed by atoms with Crippen molar-refractivity contribution in [3.63, 3.8) is 0 Å². The highest BCUT2D eigenvalue weighted by Crippen LogP contribution is 2.54. The predicted octanol–water partition coefficient (Wildman–Crippen LogP) is 9.52. The van der Waals surface area contributed by atoms with E-state index in [0.717, 1.165) is 0 Å². The number of benzene rings is 2. The number of hydrogen-bond acceptors (Lipinski definition) is 11. The number of anilines is 1. The van der Waals surface area contributed by atoms with Crippen LogP contribution in [0.2, 0.25) is 0 Å². The molecule has 1 aliphatic heterocycles. The highest BCUT2D eigenvalue weighted by atomic mass is 31.2. The van der Waals surface area contributed by atoms with Crippen LogP contribution in [-0.2, 0) is 29.8 Å². The summed E-state index contributed by atoms with van der Waals surface area (Å²) in [6.45, 7) is -0.807. The first-order valence-corrected chi connectivity index (χ1v) is 22.3. The zero-order valence-corrected chi connectivity index (χ0v) is 35.9. The number of rotatable bonds is 25. The molecule has 0 spiro atoms. The maximum Gasteiger partial charge on any atom is 0.460 e. The van der Waals surface area contributed by atoms with Gasteiger partial charge in [-0.3, -0.25) is 13.9 Å². The number of unbranched alkanes of at least 4 members (excludes halogenated alkanes) is 8. The van der Waals surface area contributed by atoms with Crippen LogP contribution in [-0.4, -0.2) is 85.5 Å². The second-order valence-electron chi connectivity index (χ2n) is 15.6. The summed E-state index contributed by atoms with van der Waals surface area (Å²) in [4.78, 5) is 25.0. The maximum atomic E-state index is 14.7. The fourth-order valence-electron chi connectivity index (χ4n) is 6.98. The molecule has 4 aromatic rings. The van der Waals surface area contributed by atoms with E-state index in [0.29, 0.717) is 44.1 Å². The van der Waals surface area contributed by atoms with E-state index in [2.05, 4.69) is 26.0 Å². The largest absolute Gasteiger partial charge is 0.465 e. The summed E-state index contributed by atoms with van der Waals surface area (Å²) in [6.07, 6.45) is -2.70. The van der Waals surface area contributed by atoms with Crippen LogP contribution in [0.1, 0.15) is 82.4 Å². The van der Waals surface area contributed by atoms with E-state index < -0.39 is 87.2 Å². The summed E-state index contributed by atoms with van der Waals surface area (Å²) < 4.78 is 171. The molecular formula is C42H47F10N6O7P. The first-order chi connectivity index (χ1) is 31.0. The molecule has 4 N–H and O–H groups in total. The number of terminal acetylenes is 1. The van der Waals surface area contributed by atoms with Gasteiger partial charge < -0.3 is 24.8 Å². The topological polar surface area (TPSA) is 173 Å². The van der Waals surface area contributed by atoms with Crippen LogP contribution in [0, 0.1) is 18.4 Å². The first kappa shape index (κ1) is 52.0. The normalized spacial score (nSPS) is 19.6. The number of alkyl halides is 9. The Morgan fingerprint density at radius 3 is 2.12 bits per heavy atom. The van der Waals surface area contributed by atoms with Crippen molar-refractivity contribution >= 4 is 30.7 Å². The quantitative estimate of drug-likeness (QED) is 0.0144. The monoisotopic (exact) mass is 968 g/mol. The number of carbonyl (C=O) groups excluding carboxylic acids is 1. The zero-order valence-electron chi connectivity index (χ0n) is 35.0. The SMILES string of the molecule is C#C[C@]1(CO[P@@](=O)(N[C@@H](Cc2ccccc2)C(=O)OCCCCCCCCCCCC(F)(F)C(F)(F)C(F)(F)C(F)(F)F)Oc2ccccc2)O[C@@H](n2cnc3c(N)nc(F)nc32)C[C@@H]1O. The van der Waals surface area contributed by atoms with Crippen LogP contribution in [0.15, 0.2) is 67.0 Å². The number of nitrogens with two attached hydrogens (primary N) is 1. The third kappa shape index (κ3) is 12.5. The minimum absolute atomic E-state index is 0.0443. The average Bonchev–Trinajstić information content (AvgIpc) is 3.84. The van der Waals surface area contributed by atoms with Crippen molar-refractivity contribution in [2.45, 2.75) is 125 Å². The molecule has 5 rings (SSSR count). The summed E-state index contributed by atoms with van der Waals surface area (Å²) in [6, 6.07) is 15.1. The highest BCUT2D eigenvalue weighted by Gasteiger charge is 2.81. The molecule has 24 heteroatoms. The Hall–Kier alpha value is -5.01. The molecule has 66 heavy (non-hydrogen) atoms. The molecule has 0 radical (unpaired) electrons. The van der Waals surface area contributed by atoms with E-state index in [1.165, 1.54) is 23.0 Å². The third-order valence-electron chi connectivity index (χ3n) is 10.7. The van der Waals surface area contributed by atoms with Gasteiger partial charge in [-0.15, -0.1) is 6.42 Å². The molecule has 3 heterocycles. The van der Waals surface area contributed by atoms with E-state index in [-0.39, 0.29) is 55.0 Å². The molecule has 0 saturated carbocycles. The lowest BCUT2D eigenvalue weighted by Crippen LogP contribution is -2.60. The van der Waals surface area contributed by atoms with Crippen molar-refractivity contribution in [3.8, 4) is 18.1 Å². The standard InChI is InChI=1S/C42H47F10N6O7P/c1-2-38(31(59)25-32(64-38)58-27-54-33-34(53)55-37(43)56-35(33)58)26-63-66(61,65-29-20-14-11-15-21-29)57-30(24-28-18-12-10-13-19-28)36(60)62-23-17-9-7-5-3-4-6-8-16-22-39(44,45)40(46,47)41(48,49)42(50,51)52/h1,10-15,18-21,27,30-32,59H,3-9,16-17,22-26H2,(H,57,61)(H2,53,55,56)/t30-,31-,32+,38+,66-/m0/s1. The number of esters is 1. The van der Waals surface area contributed by atoms with E-state index in [1.807, 2.05) is 0 Å². The Balaban J connectivity index is 1.14. The first-order valence-electron chi connectivity index (χ1n) is 20.7. The maximum absolute atomic E-state index is 14.7. The van der Waals surface area contributed by atoms with Crippen LogP contribution in [0.4, 0.5) is 49.7 Å². The van der Waals surface area contributed by atoms with Gasteiger partial charge in [-0.05, 0) is 37.0 Å². The Morgan fingerprint density at radius 2 is 1.52 bits per heavy atom. The number of nitrogens with zero attached hydrogens (tertiary/aromatic N) is 4. The van der Waals surface area contributed by atoms with Crippen molar-refractivity contribution in [3.05, 3.63) is 78.6 Å². The van der Waals surface area contributed by atoms with E-state index in [1.54, 1.807) is 48.5 Å². The molecule has 0 bridgehead atoms. The summed E-state index contributed by atoms with van der Waals surface area (Å²) in [5.41, 5.74) is 4.49. The molecule has 362 valence electrons. The lowest BCUT2D eigenvalue weighted by Gasteiger charge is -2.33. The second kappa shape index (κ2) is 21.7. The molecule has 1 saturated heterocycles. The number of halogens is 10. The van der Waals surface area contributed by atoms with E-state index >= 15 is 0 Å². The van der Waals surface area contributed by atoms with E-state index in [9.17, 15) is 58.4 Å². The highest BCUT2D eigenvalue weighted by molar-refractivity contribution is 7.52. The average molecular weight is 969 g/mol. The minimum Gasteiger partial charge on any atom is -0.465 e. The number of hydrogen-bond donors (Lipinski definition) is 3. The van der Waals surface area contributed by atoms with Crippen LogP contribution < -0.4 is 15.3 Å². The number of fused-ring (bicyclic) bond motifs is 1. The fraction of sp³-hybridized carbons (Fsp3) is 0.524. The van der Waals surface area contributed by atoms with Gasteiger partial charge in [-0.1, -0.05) is 99.4 Å². The van der Waals surface area contributed by atoms with Gasteiger partial charge in [-0.2, -0.15) is 59.0 Å². The van der Waals surface area contributed by atoms with Crippen molar-refractivity contribution in [1.29, 1.82) is 0 Å². The van der Waals surface area contributed by atoms with Crippen LogP contribution in [0.5, 0.6) is 5.75 Å². The number of aliphatic hydroxyl groups is 1. The van der Waals surface area contributed by atoms with Crippen LogP contribution in [0.3, 0.4) is 0 Å². The Bertz CT molecular complexity index is 2310. The van der Waals surface area contributed by atoms with Crippen molar-refractivity contribution < 1.29 is 76.9 Å². The van der Waals surface area contributed by atoms with Crippen LogP contribution in [0.25, 0.3) is 11.2 Å². The smallest absolute Gasteiger partial charge is 0.460 e. The minimum atomic E-state index is -6.90.